The number of aromatic nitrogens is 1. The first-order valence-corrected chi connectivity index (χ1v) is 5.36. The first-order valence-electron chi connectivity index (χ1n) is 4.60. The molecule has 0 saturated heterocycles. The van der Waals surface area contributed by atoms with E-state index in [4.69, 9.17) is 28.0 Å². The van der Waals surface area contributed by atoms with Crippen molar-refractivity contribution < 1.29 is 9.68 Å². The molecular formula is C10H11Cl2N3O2. The summed E-state index contributed by atoms with van der Waals surface area (Å²) in [5.74, 6) is 0. The fraction of sp³-hybridized carbons (Fsp3) is 0.300. The molecule has 1 rings (SSSR count). The molecule has 0 bridgehead atoms. The lowest BCUT2D eigenvalue weighted by Crippen LogP contribution is -2.13. The Hall–Kier alpha value is -1.33. The van der Waals surface area contributed by atoms with Crippen molar-refractivity contribution in [2.75, 3.05) is 14.2 Å². The van der Waals surface area contributed by atoms with Crippen LogP contribution in [0, 0.1) is 0 Å². The lowest BCUT2D eigenvalue weighted by Gasteiger charge is -2.05. The van der Waals surface area contributed by atoms with Gasteiger partial charge in [0.2, 0.25) is 0 Å². The molecule has 0 radical (unpaired) electrons. The normalized spacial score (nSPS) is 12.5. The van der Waals surface area contributed by atoms with E-state index in [1.807, 2.05) is 0 Å². The van der Waals surface area contributed by atoms with E-state index in [-0.39, 0.29) is 5.15 Å². The first-order chi connectivity index (χ1) is 8.10. The summed E-state index contributed by atoms with van der Waals surface area (Å²) in [6.45, 7) is 1.73. The van der Waals surface area contributed by atoms with Crippen LogP contribution in [0.25, 0.3) is 0 Å². The second kappa shape index (κ2) is 6.42. The number of rotatable bonds is 4. The van der Waals surface area contributed by atoms with E-state index in [0.29, 0.717) is 22.0 Å². The summed E-state index contributed by atoms with van der Waals surface area (Å²) in [4.78, 5) is 13.3. The Morgan fingerprint density at radius 2 is 1.88 bits per heavy atom. The van der Waals surface area contributed by atoms with Gasteiger partial charge in [-0.2, -0.15) is 0 Å². The summed E-state index contributed by atoms with van der Waals surface area (Å²) in [5, 5.41) is 8.18. The zero-order valence-corrected chi connectivity index (χ0v) is 11.1. The van der Waals surface area contributed by atoms with Gasteiger partial charge in [0.15, 0.2) is 0 Å². The van der Waals surface area contributed by atoms with Crippen LogP contribution >= 0.6 is 23.2 Å². The van der Waals surface area contributed by atoms with Crippen LogP contribution in [0.4, 0.5) is 0 Å². The summed E-state index contributed by atoms with van der Waals surface area (Å²) in [6, 6.07) is 1.63. The first kappa shape index (κ1) is 13.7. The second-order valence-corrected chi connectivity index (χ2v) is 3.74. The van der Waals surface area contributed by atoms with Crippen LogP contribution in [0.2, 0.25) is 10.2 Å². The van der Waals surface area contributed by atoms with Gasteiger partial charge in [-0.15, -0.1) is 0 Å². The highest BCUT2D eigenvalue weighted by molar-refractivity contribution is 6.48. The third-order valence-corrected chi connectivity index (χ3v) is 2.51. The van der Waals surface area contributed by atoms with E-state index in [1.54, 1.807) is 13.0 Å². The minimum Gasteiger partial charge on any atom is -0.399 e. The third-order valence-electron chi connectivity index (χ3n) is 1.82. The summed E-state index contributed by atoms with van der Waals surface area (Å²) in [6.07, 6.45) is 1.53. The number of pyridine rings is 1. The SMILES string of the molecule is CO/N=C(C)/C(=N/OC)c1cnc(Cl)c(Cl)c1. The number of hydrogen-bond acceptors (Lipinski definition) is 5. The van der Waals surface area contributed by atoms with Gasteiger partial charge in [0.05, 0.1) is 5.02 Å². The highest BCUT2D eigenvalue weighted by Gasteiger charge is 2.12. The third kappa shape index (κ3) is 3.57. The van der Waals surface area contributed by atoms with Crippen molar-refractivity contribution in [2.24, 2.45) is 10.3 Å². The molecule has 0 saturated carbocycles. The van der Waals surface area contributed by atoms with Gasteiger partial charge in [0.25, 0.3) is 0 Å². The molecule has 0 aromatic carbocycles. The minimum absolute atomic E-state index is 0.230. The van der Waals surface area contributed by atoms with E-state index >= 15 is 0 Å². The van der Waals surface area contributed by atoms with Crippen molar-refractivity contribution in [3.8, 4) is 0 Å². The van der Waals surface area contributed by atoms with E-state index in [0.717, 1.165) is 0 Å². The lowest BCUT2D eigenvalue weighted by molar-refractivity contribution is 0.210. The van der Waals surface area contributed by atoms with Gasteiger partial charge in [-0.3, -0.25) is 0 Å². The van der Waals surface area contributed by atoms with Crippen molar-refractivity contribution in [1.29, 1.82) is 0 Å². The number of oxime groups is 2. The Bertz CT molecular complexity index is 461. The molecule has 1 heterocycles. The van der Waals surface area contributed by atoms with Crippen molar-refractivity contribution >= 4 is 34.6 Å². The average molecular weight is 276 g/mol. The molecule has 0 aliphatic heterocycles. The van der Waals surface area contributed by atoms with Crippen molar-refractivity contribution in [3.63, 3.8) is 0 Å². The molecule has 0 aliphatic carbocycles. The lowest BCUT2D eigenvalue weighted by atomic mass is 10.1. The van der Waals surface area contributed by atoms with Crippen molar-refractivity contribution in [3.05, 3.63) is 28.0 Å². The van der Waals surface area contributed by atoms with Crippen molar-refractivity contribution in [2.45, 2.75) is 6.92 Å². The van der Waals surface area contributed by atoms with Gasteiger partial charge in [-0.05, 0) is 13.0 Å². The van der Waals surface area contributed by atoms with Gasteiger partial charge in [-0.1, -0.05) is 33.5 Å². The maximum absolute atomic E-state index is 5.88. The van der Waals surface area contributed by atoms with Gasteiger partial charge in [-0.25, -0.2) is 4.98 Å². The second-order valence-electron chi connectivity index (χ2n) is 2.98. The predicted molar refractivity (Wildman–Crippen MR) is 67.9 cm³/mol. The molecule has 0 atom stereocenters. The summed E-state index contributed by atoms with van der Waals surface area (Å²) < 4.78 is 0. The van der Waals surface area contributed by atoms with Gasteiger partial charge >= 0.3 is 0 Å². The maximum atomic E-state index is 5.88. The molecule has 0 aliphatic rings. The molecule has 17 heavy (non-hydrogen) atoms. The predicted octanol–water partition coefficient (Wildman–Crippen LogP) is 2.76. The van der Waals surface area contributed by atoms with Gasteiger partial charge < -0.3 is 9.68 Å². The molecule has 92 valence electrons. The molecule has 1 aromatic rings. The van der Waals surface area contributed by atoms with Crippen LogP contribution in [0.3, 0.4) is 0 Å². The Labute approximate surface area is 109 Å². The van der Waals surface area contributed by atoms with E-state index in [1.165, 1.54) is 20.4 Å². The maximum Gasteiger partial charge on any atom is 0.147 e. The van der Waals surface area contributed by atoms with Gasteiger partial charge in [0, 0.05) is 11.8 Å². The Morgan fingerprint density at radius 1 is 1.24 bits per heavy atom. The minimum atomic E-state index is 0.230. The molecule has 5 nitrogen and oxygen atoms in total. The molecule has 0 spiro atoms. The fourth-order valence-corrected chi connectivity index (χ4v) is 1.42. The van der Waals surface area contributed by atoms with Crippen LogP contribution in [0.5, 0.6) is 0 Å². The molecule has 0 amide bonds. The fourth-order valence-electron chi connectivity index (χ4n) is 1.15. The number of halogens is 2. The molecule has 0 N–H and O–H groups in total. The van der Waals surface area contributed by atoms with E-state index < -0.39 is 0 Å². The van der Waals surface area contributed by atoms with Gasteiger partial charge in [0.1, 0.15) is 30.8 Å². The molecule has 0 fully saturated rings. The van der Waals surface area contributed by atoms with Crippen LogP contribution < -0.4 is 0 Å². The number of hydrogen-bond donors (Lipinski definition) is 0. The standard InChI is InChI=1S/C10H11Cl2N3O2/c1-6(14-16-2)9(15-17-3)7-4-8(11)10(12)13-5-7/h4-5H,1-3H3/b14-6+,15-9-. The quantitative estimate of drug-likeness (QED) is 0.482. The van der Waals surface area contributed by atoms with Crippen LogP contribution in [-0.2, 0) is 9.68 Å². The number of nitrogens with zero attached hydrogens (tertiary/aromatic N) is 3. The highest BCUT2D eigenvalue weighted by Crippen LogP contribution is 2.20. The Kier molecular flexibility index (Phi) is 5.18. The topological polar surface area (TPSA) is 56.1 Å². The van der Waals surface area contributed by atoms with E-state index in [2.05, 4.69) is 20.1 Å². The monoisotopic (exact) mass is 275 g/mol. The van der Waals surface area contributed by atoms with E-state index in [9.17, 15) is 0 Å². The molecule has 7 heteroatoms. The summed E-state index contributed by atoms with van der Waals surface area (Å²) >= 11 is 11.6. The van der Waals surface area contributed by atoms with Crippen LogP contribution in [0.1, 0.15) is 12.5 Å². The smallest absolute Gasteiger partial charge is 0.147 e. The average Bonchev–Trinajstić information content (AvgIpc) is 2.30. The summed E-state index contributed by atoms with van der Waals surface area (Å²) in [7, 11) is 2.88. The zero-order valence-electron chi connectivity index (χ0n) is 9.57. The van der Waals surface area contributed by atoms with Crippen molar-refractivity contribution in [1.82, 2.24) is 4.98 Å². The zero-order chi connectivity index (χ0) is 12.8. The highest BCUT2D eigenvalue weighted by atomic mass is 35.5. The Balaban J connectivity index is 3.20. The largest absolute Gasteiger partial charge is 0.399 e. The molecule has 0 unspecified atom stereocenters. The van der Waals surface area contributed by atoms with Crippen LogP contribution in [0.15, 0.2) is 22.6 Å². The summed E-state index contributed by atoms with van der Waals surface area (Å²) in [5.41, 5.74) is 1.65. The van der Waals surface area contributed by atoms with Crippen LogP contribution in [-0.4, -0.2) is 30.6 Å². The molecule has 1 aromatic heterocycles. The Morgan fingerprint density at radius 3 is 2.41 bits per heavy atom. The molecular weight excluding hydrogens is 265 g/mol.